The third kappa shape index (κ3) is 6.45. The molecule has 2 heterocycles. The highest BCUT2D eigenvalue weighted by molar-refractivity contribution is 7.92. The van der Waals surface area contributed by atoms with Crippen molar-refractivity contribution in [3.8, 4) is 11.3 Å². The lowest BCUT2D eigenvalue weighted by molar-refractivity contribution is 0.213. The number of nitrogens with one attached hydrogen (secondary N) is 2. The van der Waals surface area contributed by atoms with Crippen LogP contribution in [-0.2, 0) is 16.6 Å². The van der Waals surface area contributed by atoms with Gasteiger partial charge in [-0.3, -0.25) is 9.62 Å². The summed E-state index contributed by atoms with van der Waals surface area (Å²) in [5.74, 6) is -0.192. The highest BCUT2D eigenvalue weighted by Gasteiger charge is 2.19. The number of aryl methyl sites for hydroxylation is 1. The van der Waals surface area contributed by atoms with Gasteiger partial charge in [0, 0.05) is 52.7 Å². The van der Waals surface area contributed by atoms with Crippen molar-refractivity contribution in [2.24, 2.45) is 0 Å². The largest absolute Gasteiger partial charge is 0.346 e. The Balaban J connectivity index is 1.28. The molecule has 2 aromatic heterocycles. The molecule has 0 amide bonds. The Hall–Kier alpha value is -4.28. The maximum Gasteiger partial charge on any atom is 0.264 e. The van der Waals surface area contributed by atoms with E-state index in [1.807, 2.05) is 6.07 Å². The lowest BCUT2D eigenvalue weighted by atomic mass is 10.1. The number of fused-ring (bicyclic) bond motifs is 1. The summed E-state index contributed by atoms with van der Waals surface area (Å²) in [4.78, 5) is 10.9. The summed E-state index contributed by atoms with van der Waals surface area (Å²) in [6, 6.07) is 21.5. The topological polar surface area (TPSA) is 92.2 Å². The van der Waals surface area contributed by atoms with Crippen LogP contribution in [0.5, 0.6) is 0 Å². The molecule has 5 rings (SSSR count). The minimum absolute atomic E-state index is 0.315. The maximum atomic E-state index is 14.2. The van der Waals surface area contributed by atoms with Gasteiger partial charge in [-0.1, -0.05) is 26.0 Å². The van der Waals surface area contributed by atoms with Crippen LogP contribution >= 0.6 is 0 Å². The molecule has 2 N–H and O–H groups in total. The predicted octanol–water partition coefficient (Wildman–Crippen LogP) is 6.82. The van der Waals surface area contributed by atoms with E-state index in [2.05, 4.69) is 80.7 Å². The highest BCUT2D eigenvalue weighted by atomic mass is 32.2. The number of benzene rings is 3. The molecule has 218 valence electrons. The van der Waals surface area contributed by atoms with E-state index in [1.165, 1.54) is 24.0 Å². The Morgan fingerprint density at radius 3 is 2.38 bits per heavy atom. The molecule has 10 heteroatoms. The van der Waals surface area contributed by atoms with Gasteiger partial charge in [-0.25, -0.2) is 22.8 Å². The van der Waals surface area contributed by atoms with E-state index in [9.17, 15) is 12.8 Å². The molecule has 0 radical (unpaired) electrons. The van der Waals surface area contributed by atoms with Crippen molar-refractivity contribution in [2.45, 2.75) is 45.2 Å². The zero-order valence-electron chi connectivity index (χ0n) is 24.2. The van der Waals surface area contributed by atoms with Crippen LogP contribution in [0, 0.1) is 12.7 Å². The van der Waals surface area contributed by atoms with Gasteiger partial charge in [-0.2, -0.15) is 0 Å². The zero-order valence-corrected chi connectivity index (χ0v) is 25.0. The summed E-state index contributed by atoms with van der Waals surface area (Å²) < 4.78 is 44.3. The number of halogens is 1. The quantitative estimate of drug-likeness (QED) is 0.176. The van der Waals surface area contributed by atoms with Crippen molar-refractivity contribution in [1.82, 2.24) is 19.4 Å². The molecule has 1 atom stereocenters. The summed E-state index contributed by atoms with van der Waals surface area (Å²) in [6.07, 6.45) is 3.65. The fraction of sp³-hybridized carbons (Fsp3) is 0.250. The first-order chi connectivity index (χ1) is 20.2. The normalized spacial score (nSPS) is 12.5. The first-order valence-corrected chi connectivity index (χ1v) is 15.5. The lowest BCUT2D eigenvalue weighted by Gasteiger charge is -2.27. The number of rotatable bonds is 11. The van der Waals surface area contributed by atoms with E-state index in [-0.39, 0.29) is 0 Å². The summed E-state index contributed by atoms with van der Waals surface area (Å²) in [6.45, 7) is 11.3. The fourth-order valence-corrected chi connectivity index (χ4v) is 6.27. The van der Waals surface area contributed by atoms with Gasteiger partial charge in [0.25, 0.3) is 10.0 Å². The van der Waals surface area contributed by atoms with Crippen LogP contribution in [0.15, 0.2) is 90.2 Å². The second-order valence-electron chi connectivity index (χ2n) is 10.3. The Kier molecular flexibility index (Phi) is 8.56. The van der Waals surface area contributed by atoms with Gasteiger partial charge in [0.2, 0.25) is 0 Å². The van der Waals surface area contributed by atoms with Gasteiger partial charge in [0.15, 0.2) is 0 Å². The van der Waals surface area contributed by atoms with Crippen molar-refractivity contribution in [3.63, 3.8) is 0 Å². The monoisotopic (exact) mass is 586 g/mol. The number of aromatic nitrogens is 3. The SMILES string of the molecule is CCN(CC)C(C)Cn1ccc2cc(-c3cc(Nc4ccc(NS(=O)(=O)c5ccc(C)cc5F)cc4)ncn3)ccc21. The Morgan fingerprint density at radius 2 is 1.67 bits per heavy atom. The minimum Gasteiger partial charge on any atom is -0.346 e. The van der Waals surface area contributed by atoms with Crippen LogP contribution in [0.3, 0.4) is 0 Å². The maximum absolute atomic E-state index is 14.2. The highest BCUT2D eigenvalue weighted by Crippen LogP contribution is 2.27. The third-order valence-corrected chi connectivity index (χ3v) is 8.83. The number of sulfonamides is 1. The van der Waals surface area contributed by atoms with Crippen LogP contribution in [0.4, 0.5) is 21.6 Å². The molecule has 0 bridgehead atoms. The molecular weight excluding hydrogens is 551 g/mol. The summed E-state index contributed by atoms with van der Waals surface area (Å²) in [7, 11) is -4.07. The molecule has 0 saturated carbocycles. The average molecular weight is 587 g/mol. The molecule has 0 saturated heterocycles. The van der Waals surface area contributed by atoms with Crippen molar-refractivity contribution in [1.29, 1.82) is 0 Å². The summed E-state index contributed by atoms with van der Waals surface area (Å²) in [5, 5.41) is 4.39. The molecule has 0 aliphatic rings. The number of hydrogen-bond donors (Lipinski definition) is 2. The summed E-state index contributed by atoms with van der Waals surface area (Å²) in [5.41, 5.74) is 4.62. The van der Waals surface area contributed by atoms with E-state index in [4.69, 9.17) is 0 Å². The van der Waals surface area contributed by atoms with Crippen molar-refractivity contribution in [2.75, 3.05) is 23.1 Å². The Morgan fingerprint density at radius 1 is 0.929 bits per heavy atom. The predicted molar refractivity (Wildman–Crippen MR) is 167 cm³/mol. The van der Waals surface area contributed by atoms with Crippen molar-refractivity contribution < 1.29 is 12.8 Å². The first kappa shape index (κ1) is 29.2. The molecule has 0 aliphatic heterocycles. The van der Waals surface area contributed by atoms with Crippen molar-refractivity contribution >= 4 is 38.1 Å². The number of nitrogens with zero attached hydrogens (tertiary/aromatic N) is 4. The van der Waals surface area contributed by atoms with E-state index >= 15 is 0 Å². The van der Waals surface area contributed by atoms with Gasteiger partial charge < -0.3 is 9.88 Å². The van der Waals surface area contributed by atoms with Crippen LogP contribution in [0.25, 0.3) is 22.2 Å². The Labute approximate surface area is 246 Å². The second kappa shape index (κ2) is 12.3. The molecule has 1 unspecified atom stereocenters. The van der Waals surface area contributed by atoms with Gasteiger partial charge in [-0.15, -0.1) is 0 Å². The molecule has 42 heavy (non-hydrogen) atoms. The standard InChI is InChI=1S/C32H35FN6O2S/c1-5-38(6-2)23(4)20-39-16-15-25-18-24(8-13-30(25)39)29-19-32(35-21-34-29)36-26-9-11-27(12-10-26)37-42(40,41)31-14-7-22(3)17-28(31)33/h7-19,21,23,37H,5-6,20H2,1-4H3,(H,34,35,36). The van der Waals surface area contributed by atoms with E-state index in [0.717, 1.165) is 36.3 Å². The van der Waals surface area contributed by atoms with Crippen LogP contribution < -0.4 is 10.0 Å². The molecule has 5 aromatic rings. The summed E-state index contributed by atoms with van der Waals surface area (Å²) >= 11 is 0. The molecule has 8 nitrogen and oxygen atoms in total. The van der Waals surface area contributed by atoms with E-state index in [0.29, 0.717) is 28.8 Å². The Bertz CT molecular complexity index is 1800. The second-order valence-corrected chi connectivity index (χ2v) is 12.0. The first-order valence-electron chi connectivity index (χ1n) is 14.0. The van der Waals surface area contributed by atoms with Gasteiger partial charge in [-0.05, 0) is 87.1 Å². The fourth-order valence-electron chi connectivity index (χ4n) is 5.15. The van der Waals surface area contributed by atoms with Crippen LogP contribution in [0.2, 0.25) is 0 Å². The molecule has 0 fully saturated rings. The number of likely N-dealkylation sites (N-methyl/N-ethyl adjacent to an activating group) is 1. The van der Waals surface area contributed by atoms with E-state index < -0.39 is 20.7 Å². The number of hydrogen-bond acceptors (Lipinski definition) is 6. The smallest absolute Gasteiger partial charge is 0.264 e. The van der Waals surface area contributed by atoms with E-state index in [1.54, 1.807) is 37.3 Å². The zero-order chi connectivity index (χ0) is 29.9. The molecular formula is C32H35FN6O2S. The van der Waals surface area contributed by atoms with Gasteiger partial charge >= 0.3 is 0 Å². The lowest BCUT2D eigenvalue weighted by Crippen LogP contribution is -2.35. The molecule has 0 aliphatic carbocycles. The minimum atomic E-state index is -4.07. The van der Waals surface area contributed by atoms with Crippen LogP contribution in [0.1, 0.15) is 26.3 Å². The molecule has 0 spiro atoms. The average Bonchev–Trinajstić information content (AvgIpc) is 3.36. The van der Waals surface area contributed by atoms with Crippen molar-refractivity contribution in [3.05, 3.63) is 96.7 Å². The van der Waals surface area contributed by atoms with Gasteiger partial charge in [0.1, 0.15) is 22.9 Å². The molecule has 3 aromatic carbocycles. The van der Waals surface area contributed by atoms with Gasteiger partial charge in [0.05, 0.1) is 5.69 Å². The van der Waals surface area contributed by atoms with Crippen LogP contribution in [-0.4, -0.2) is 47.0 Å². The third-order valence-electron chi connectivity index (χ3n) is 7.42. The number of anilines is 3.